The Hall–Kier alpha value is -1.81. The van der Waals surface area contributed by atoms with E-state index in [2.05, 4.69) is 32.9 Å². The fourth-order valence-electron chi connectivity index (χ4n) is 2.46. The summed E-state index contributed by atoms with van der Waals surface area (Å²) in [5.41, 5.74) is 3.01. The topological polar surface area (TPSA) is 51.5 Å². The van der Waals surface area contributed by atoms with E-state index in [1.165, 1.54) is 12.7 Å². The van der Waals surface area contributed by atoms with E-state index >= 15 is 0 Å². The van der Waals surface area contributed by atoms with Gasteiger partial charge in [0.2, 0.25) is 0 Å². The van der Waals surface area contributed by atoms with Crippen LogP contribution in [-0.2, 0) is 21.5 Å². The smallest absolute Gasteiger partial charge is 0.325 e. The van der Waals surface area contributed by atoms with Crippen molar-refractivity contribution < 1.29 is 14.6 Å². The van der Waals surface area contributed by atoms with Crippen LogP contribution in [0.4, 0.5) is 0 Å². The zero-order valence-electron chi connectivity index (χ0n) is 13.3. The predicted molar refractivity (Wildman–Crippen MR) is 83.3 cm³/mol. The van der Waals surface area contributed by atoms with Crippen molar-refractivity contribution in [3.8, 4) is 0 Å². The summed E-state index contributed by atoms with van der Waals surface area (Å²) in [5.74, 6) is -0.302. The van der Waals surface area contributed by atoms with Gasteiger partial charge in [-0.1, -0.05) is 26.8 Å². The van der Waals surface area contributed by atoms with Crippen LogP contribution in [0.2, 0.25) is 0 Å². The Morgan fingerprint density at radius 2 is 2.05 bits per heavy atom. The number of benzene rings is 1. The molecule has 1 atom stereocenters. The molecule has 0 spiro atoms. The lowest BCUT2D eigenvalue weighted by atomic mass is 9.86. The number of aromatic nitrogens is 1. The van der Waals surface area contributed by atoms with Crippen LogP contribution in [0.25, 0.3) is 10.9 Å². The standard InChI is InChI=1S/C17H23NO3/c1-11(19)14-9-18(10-16(20)21-5)15-7-6-12(8-13(14)15)17(2,3)4/h6-9,11,19H,10H2,1-5H3. The Bertz CT molecular complexity index is 662. The monoisotopic (exact) mass is 289 g/mol. The maximum atomic E-state index is 11.5. The van der Waals surface area contributed by atoms with Crippen molar-refractivity contribution in [2.24, 2.45) is 0 Å². The molecule has 4 nitrogen and oxygen atoms in total. The molecule has 0 aliphatic heterocycles. The molecule has 21 heavy (non-hydrogen) atoms. The molecule has 114 valence electrons. The lowest BCUT2D eigenvalue weighted by Gasteiger charge is -2.19. The molecular formula is C17H23NO3. The minimum Gasteiger partial charge on any atom is -0.468 e. The Labute approximate surface area is 125 Å². The van der Waals surface area contributed by atoms with Gasteiger partial charge < -0.3 is 14.4 Å². The quantitative estimate of drug-likeness (QED) is 0.883. The molecule has 0 amide bonds. The second-order valence-electron chi connectivity index (χ2n) is 6.45. The van der Waals surface area contributed by atoms with Crippen molar-refractivity contribution in [1.82, 2.24) is 4.57 Å². The Kier molecular flexibility index (Phi) is 4.10. The fourth-order valence-corrected chi connectivity index (χ4v) is 2.46. The third-order valence-corrected chi connectivity index (χ3v) is 3.76. The van der Waals surface area contributed by atoms with Crippen LogP contribution in [0.15, 0.2) is 24.4 Å². The Morgan fingerprint density at radius 3 is 2.57 bits per heavy atom. The molecule has 1 N–H and O–H groups in total. The number of methoxy groups -OCH3 is 1. The first kappa shape index (κ1) is 15.6. The van der Waals surface area contributed by atoms with Gasteiger partial charge in [-0.15, -0.1) is 0 Å². The number of hydrogen-bond donors (Lipinski definition) is 1. The molecule has 0 fully saturated rings. The molecule has 2 rings (SSSR count). The summed E-state index contributed by atoms with van der Waals surface area (Å²) in [6.07, 6.45) is 1.25. The number of rotatable bonds is 3. The fraction of sp³-hybridized carbons (Fsp3) is 0.471. The predicted octanol–water partition coefficient (Wildman–Crippen LogP) is 3.17. The molecule has 4 heteroatoms. The number of aliphatic hydroxyl groups is 1. The lowest BCUT2D eigenvalue weighted by molar-refractivity contribution is -0.141. The van der Waals surface area contributed by atoms with Crippen molar-refractivity contribution in [3.05, 3.63) is 35.5 Å². The number of aliphatic hydroxyl groups excluding tert-OH is 1. The van der Waals surface area contributed by atoms with Crippen LogP contribution in [0.3, 0.4) is 0 Å². The number of hydrogen-bond acceptors (Lipinski definition) is 3. The van der Waals surface area contributed by atoms with Crippen LogP contribution in [0.5, 0.6) is 0 Å². The molecule has 0 radical (unpaired) electrons. The first-order valence-corrected chi connectivity index (χ1v) is 7.12. The van der Waals surface area contributed by atoms with Crippen molar-refractivity contribution in [2.75, 3.05) is 7.11 Å². The molecule has 0 aliphatic rings. The number of esters is 1. The average Bonchev–Trinajstić information content (AvgIpc) is 2.76. The number of ether oxygens (including phenoxy) is 1. The minimum absolute atomic E-state index is 0.0363. The van der Waals surface area contributed by atoms with Gasteiger partial charge in [-0.3, -0.25) is 4.79 Å². The highest BCUT2D eigenvalue weighted by Crippen LogP contribution is 2.31. The summed E-state index contributed by atoms with van der Waals surface area (Å²) in [5, 5.41) is 11.0. The molecular weight excluding hydrogens is 266 g/mol. The largest absolute Gasteiger partial charge is 0.468 e. The van der Waals surface area contributed by atoms with Gasteiger partial charge in [0.25, 0.3) is 0 Å². The summed E-state index contributed by atoms with van der Waals surface area (Å²) in [6, 6.07) is 6.18. The van der Waals surface area contributed by atoms with Gasteiger partial charge in [-0.25, -0.2) is 0 Å². The summed E-state index contributed by atoms with van der Waals surface area (Å²) >= 11 is 0. The molecule has 2 aromatic rings. The zero-order valence-corrected chi connectivity index (χ0v) is 13.3. The summed E-state index contributed by atoms with van der Waals surface area (Å²) in [4.78, 5) is 11.5. The van der Waals surface area contributed by atoms with Crippen LogP contribution in [-0.4, -0.2) is 22.8 Å². The van der Waals surface area contributed by atoms with Gasteiger partial charge in [-0.2, -0.15) is 0 Å². The van der Waals surface area contributed by atoms with E-state index in [1.807, 2.05) is 16.8 Å². The van der Waals surface area contributed by atoms with Crippen LogP contribution < -0.4 is 0 Å². The van der Waals surface area contributed by atoms with Gasteiger partial charge in [0.05, 0.1) is 13.2 Å². The Morgan fingerprint density at radius 1 is 1.38 bits per heavy atom. The molecule has 0 saturated heterocycles. The van der Waals surface area contributed by atoms with Gasteiger partial charge in [0.1, 0.15) is 6.54 Å². The molecule has 1 aromatic heterocycles. The summed E-state index contributed by atoms with van der Waals surface area (Å²) < 4.78 is 6.56. The van der Waals surface area contributed by atoms with Crippen LogP contribution in [0, 0.1) is 0 Å². The number of carbonyl (C=O) groups excluding carboxylic acids is 1. The highest BCUT2D eigenvalue weighted by Gasteiger charge is 2.19. The lowest BCUT2D eigenvalue weighted by Crippen LogP contribution is -2.12. The maximum Gasteiger partial charge on any atom is 0.325 e. The summed E-state index contributed by atoms with van der Waals surface area (Å²) in [6.45, 7) is 8.35. The number of carbonyl (C=O) groups is 1. The molecule has 0 saturated carbocycles. The third kappa shape index (κ3) is 3.10. The third-order valence-electron chi connectivity index (χ3n) is 3.76. The van der Waals surface area contributed by atoms with E-state index in [1.54, 1.807) is 6.92 Å². The second-order valence-corrected chi connectivity index (χ2v) is 6.45. The van der Waals surface area contributed by atoms with Crippen molar-refractivity contribution in [2.45, 2.75) is 45.8 Å². The van der Waals surface area contributed by atoms with E-state index in [-0.39, 0.29) is 17.9 Å². The maximum absolute atomic E-state index is 11.5. The average molecular weight is 289 g/mol. The zero-order chi connectivity index (χ0) is 15.8. The van der Waals surface area contributed by atoms with Gasteiger partial charge in [-0.05, 0) is 30.0 Å². The van der Waals surface area contributed by atoms with E-state index in [9.17, 15) is 9.90 Å². The Balaban J connectivity index is 2.61. The van der Waals surface area contributed by atoms with Gasteiger partial charge in [0.15, 0.2) is 0 Å². The first-order valence-electron chi connectivity index (χ1n) is 7.12. The van der Waals surface area contributed by atoms with E-state index in [4.69, 9.17) is 4.74 Å². The molecule has 1 aromatic carbocycles. The molecule has 1 heterocycles. The summed E-state index contributed by atoms with van der Waals surface area (Å²) in [7, 11) is 1.38. The second kappa shape index (κ2) is 5.53. The normalized spacial score (nSPS) is 13.4. The first-order chi connectivity index (χ1) is 9.74. The molecule has 0 bridgehead atoms. The van der Waals surface area contributed by atoms with Gasteiger partial charge >= 0.3 is 5.97 Å². The van der Waals surface area contributed by atoms with E-state index in [0.29, 0.717) is 0 Å². The SMILES string of the molecule is COC(=O)Cn1cc(C(C)O)c2cc(C(C)(C)C)ccc21. The van der Waals surface area contributed by atoms with Crippen molar-refractivity contribution in [3.63, 3.8) is 0 Å². The van der Waals surface area contributed by atoms with Gasteiger partial charge in [0, 0.05) is 22.7 Å². The van der Waals surface area contributed by atoms with Crippen LogP contribution >= 0.6 is 0 Å². The molecule has 1 unspecified atom stereocenters. The highest BCUT2D eigenvalue weighted by atomic mass is 16.5. The van der Waals surface area contributed by atoms with Crippen molar-refractivity contribution >= 4 is 16.9 Å². The number of nitrogens with zero attached hydrogens (tertiary/aromatic N) is 1. The van der Waals surface area contributed by atoms with E-state index in [0.717, 1.165) is 16.5 Å². The number of fused-ring (bicyclic) bond motifs is 1. The minimum atomic E-state index is -0.582. The van der Waals surface area contributed by atoms with Crippen molar-refractivity contribution in [1.29, 1.82) is 0 Å². The van der Waals surface area contributed by atoms with Crippen LogP contribution in [0.1, 0.15) is 44.9 Å². The molecule has 0 aliphatic carbocycles. The van der Waals surface area contributed by atoms with E-state index < -0.39 is 6.10 Å². The highest BCUT2D eigenvalue weighted by molar-refractivity contribution is 5.86.